The Hall–Kier alpha value is -2.31. The molecule has 3 aromatic rings. The number of allylic oxidation sites excluding steroid dienone is 1. The van der Waals surface area contributed by atoms with Crippen molar-refractivity contribution in [2.24, 2.45) is 10.7 Å². The lowest BCUT2D eigenvalue weighted by molar-refractivity contribution is 1.36. The molecule has 0 radical (unpaired) electrons. The lowest BCUT2D eigenvalue weighted by Gasteiger charge is -2.09. The van der Waals surface area contributed by atoms with Gasteiger partial charge in [-0.15, -0.1) is 24.0 Å². The number of aliphatic imine (C=N–C) groups is 1. The second kappa shape index (κ2) is 6.30. The summed E-state index contributed by atoms with van der Waals surface area (Å²) in [5.74, 6) is 0.511. The van der Waals surface area contributed by atoms with Crippen molar-refractivity contribution in [3.05, 3.63) is 48.2 Å². The zero-order valence-electron chi connectivity index (χ0n) is 13.5. The van der Waals surface area contributed by atoms with Crippen molar-refractivity contribution in [2.45, 2.75) is 11.1 Å². The number of nitrogens with two attached hydrogens (primary N) is 2. The van der Waals surface area contributed by atoms with Gasteiger partial charge in [0.2, 0.25) is 0 Å². The molecule has 122 valence electrons. The quantitative estimate of drug-likeness (QED) is 0.375. The normalized spacial score (nSPS) is 11.9. The number of thiol groups is 1. The third-order valence-electron chi connectivity index (χ3n) is 3.85. The van der Waals surface area contributed by atoms with Gasteiger partial charge in [0.05, 0.1) is 15.6 Å². The maximum atomic E-state index is 6.23. The number of anilines is 1. The Bertz CT molecular complexity index is 969. The van der Waals surface area contributed by atoms with E-state index in [2.05, 4.69) is 29.2 Å². The van der Waals surface area contributed by atoms with Crippen LogP contribution < -0.4 is 11.5 Å². The smallest absolute Gasteiger partial charge is 0.127 e. The molecule has 0 unspecified atom stereocenters. The maximum Gasteiger partial charge on any atom is 0.127 e. The molecule has 1 aromatic carbocycles. The van der Waals surface area contributed by atoms with Crippen LogP contribution in [-0.4, -0.2) is 17.9 Å². The van der Waals surface area contributed by atoms with Crippen molar-refractivity contribution in [3.8, 4) is 11.1 Å². The number of pyridine rings is 1. The SMILES string of the molecule is C=C(C)c1cc(-c2ccc(C(N)=NC)cc2)c2c(N)c(S)sc2n1. The van der Waals surface area contributed by atoms with Crippen LogP contribution in [0.1, 0.15) is 18.2 Å². The van der Waals surface area contributed by atoms with E-state index in [0.29, 0.717) is 11.5 Å². The summed E-state index contributed by atoms with van der Waals surface area (Å²) in [6.07, 6.45) is 0. The van der Waals surface area contributed by atoms with Gasteiger partial charge in [0, 0.05) is 18.0 Å². The Labute approximate surface area is 150 Å². The van der Waals surface area contributed by atoms with Gasteiger partial charge in [0.25, 0.3) is 0 Å². The van der Waals surface area contributed by atoms with Crippen LogP contribution in [0.2, 0.25) is 0 Å². The Kier molecular flexibility index (Phi) is 4.34. The van der Waals surface area contributed by atoms with Crippen LogP contribution in [0.15, 0.2) is 46.1 Å². The molecule has 2 aromatic heterocycles. The van der Waals surface area contributed by atoms with Crippen LogP contribution in [0.4, 0.5) is 5.69 Å². The van der Waals surface area contributed by atoms with Gasteiger partial charge in [-0.05, 0) is 29.7 Å². The fourth-order valence-electron chi connectivity index (χ4n) is 2.51. The van der Waals surface area contributed by atoms with Crippen molar-refractivity contribution < 1.29 is 0 Å². The number of rotatable bonds is 3. The van der Waals surface area contributed by atoms with Gasteiger partial charge >= 0.3 is 0 Å². The fourth-order valence-corrected chi connectivity index (χ4v) is 3.74. The van der Waals surface area contributed by atoms with Gasteiger partial charge in [-0.3, -0.25) is 4.99 Å². The molecule has 0 saturated carbocycles. The number of thiophene rings is 1. The van der Waals surface area contributed by atoms with E-state index in [0.717, 1.165) is 42.4 Å². The molecule has 24 heavy (non-hydrogen) atoms. The third-order valence-corrected chi connectivity index (χ3v) is 5.27. The molecule has 0 saturated heterocycles. The summed E-state index contributed by atoms with van der Waals surface area (Å²) in [7, 11) is 1.68. The Morgan fingerprint density at radius 3 is 2.54 bits per heavy atom. The molecule has 4 nitrogen and oxygen atoms in total. The highest BCUT2D eigenvalue weighted by atomic mass is 32.2. The topological polar surface area (TPSA) is 77.3 Å². The molecular weight excluding hydrogens is 336 g/mol. The monoisotopic (exact) mass is 354 g/mol. The first kappa shape index (κ1) is 16.5. The first-order chi connectivity index (χ1) is 11.4. The van der Waals surface area contributed by atoms with Gasteiger partial charge in [-0.25, -0.2) is 4.98 Å². The van der Waals surface area contributed by atoms with Crippen LogP contribution in [-0.2, 0) is 0 Å². The van der Waals surface area contributed by atoms with E-state index in [-0.39, 0.29) is 0 Å². The molecule has 0 aliphatic carbocycles. The predicted octanol–water partition coefficient (Wildman–Crippen LogP) is 4.20. The van der Waals surface area contributed by atoms with Gasteiger partial charge in [-0.2, -0.15) is 0 Å². The zero-order valence-corrected chi connectivity index (χ0v) is 15.2. The number of hydrogen-bond donors (Lipinski definition) is 3. The van der Waals surface area contributed by atoms with Crippen LogP contribution >= 0.6 is 24.0 Å². The summed E-state index contributed by atoms with van der Waals surface area (Å²) in [6.45, 7) is 5.95. The molecular formula is C18H18N4S2. The lowest BCUT2D eigenvalue weighted by Crippen LogP contribution is -2.12. The Balaban J connectivity index is 2.26. The lowest BCUT2D eigenvalue weighted by atomic mass is 9.99. The molecule has 0 fully saturated rings. The highest BCUT2D eigenvalue weighted by molar-refractivity contribution is 7.83. The summed E-state index contributed by atoms with van der Waals surface area (Å²) < 4.78 is 0.775. The fraction of sp³-hybridized carbons (Fsp3) is 0.111. The second-order valence-electron chi connectivity index (χ2n) is 5.52. The number of benzene rings is 1. The molecule has 0 bridgehead atoms. The van der Waals surface area contributed by atoms with Crippen LogP contribution in [0, 0.1) is 0 Å². The van der Waals surface area contributed by atoms with E-state index < -0.39 is 0 Å². The van der Waals surface area contributed by atoms with Gasteiger partial charge in [-0.1, -0.05) is 30.8 Å². The first-order valence-corrected chi connectivity index (χ1v) is 8.59. The minimum atomic E-state index is 0.511. The number of hydrogen-bond acceptors (Lipinski definition) is 5. The number of amidine groups is 1. The number of fused-ring (bicyclic) bond motifs is 1. The summed E-state index contributed by atoms with van der Waals surface area (Å²) >= 11 is 5.94. The van der Waals surface area contributed by atoms with Gasteiger partial charge in [0.15, 0.2) is 0 Å². The molecule has 0 aliphatic heterocycles. The number of nitrogens with zero attached hydrogens (tertiary/aromatic N) is 2. The minimum Gasteiger partial charge on any atom is -0.397 e. The number of aromatic nitrogens is 1. The zero-order chi connectivity index (χ0) is 17.4. The molecule has 2 heterocycles. The van der Waals surface area contributed by atoms with Gasteiger partial charge in [0.1, 0.15) is 10.7 Å². The first-order valence-electron chi connectivity index (χ1n) is 7.33. The molecule has 4 N–H and O–H groups in total. The molecule has 0 amide bonds. The van der Waals surface area contributed by atoms with Gasteiger partial charge < -0.3 is 11.5 Å². The van der Waals surface area contributed by atoms with E-state index in [9.17, 15) is 0 Å². The van der Waals surface area contributed by atoms with Crippen molar-refractivity contribution in [1.29, 1.82) is 0 Å². The van der Waals surface area contributed by atoms with E-state index in [1.165, 1.54) is 11.3 Å². The second-order valence-corrected chi connectivity index (χ2v) is 7.27. The van der Waals surface area contributed by atoms with Crippen molar-refractivity contribution in [3.63, 3.8) is 0 Å². The van der Waals surface area contributed by atoms with E-state index in [4.69, 9.17) is 11.5 Å². The van der Waals surface area contributed by atoms with E-state index in [1.807, 2.05) is 37.3 Å². The largest absolute Gasteiger partial charge is 0.397 e. The molecule has 3 rings (SSSR count). The van der Waals surface area contributed by atoms with Crippen molar-refractivity contribution in [2.75, 3.05) is 12.8 Å². The standard InChI is InChI=1S/C18H18N4S2/c1-9(2)13-8-12(14-15(19)18(23)24-17(14)22-13)10-4-6-11(7-5-10)16(20)21-3/h4-8,23H,1,19H2,2-3H3,(H2,20,21). The highest BCUT2D eigenvalue weighted by Gasteiger charge is 2.16. The third kappa shape index (κ3) is 2.79. The van der Waals surface area contributed by atoms with Crippen LogP contribution in [0.5, 0.6) is 0 Å². The predicted molar refractivity (Wildman–Crippen MR) is 108 cm³/mol. The summed E-state index contributed by atoms with van der Waals surface area (Å²) in [6, 6.07) is 9.95. The summed E-state index contributed by atoms with van der Waals surface area (Å²) in [5.41, 5.74) is 17.5. The number of nitrogen functional groups attached to an aromatic ring is 1. The van der Waals surface area contributed by atoms with Crippen LogP contribution in [0.3, 0.4) is 0 Å². The van der Waals surface area contributed by atoms with E-state index in [1.54, 1.807) is 7.05 Å². The summed E-state index contributed by atoms with van der Waals surface area (Å²) in [5, 5.41) is 0.930. The Morgan fingerprint density at radius 2 is 1.96 bits per heavy atom. The minimum absolute atomic E-state index is 0.511. The maximum absolute atomic E-state index is 6.23. The average molecular weight is 355 g/mol. The molecule has 6 heteroatoms. The highest BCUT2D eigenvalue weighted by Crippen LogP contribution is 2.41. The summed E-state index contributed by atoms with van der Waals surface area (Å²) in [4.78, 5) is 9.53. The molecule has 0 atom stereocenters. The average Bonchev–Trinajstić information content (AvgIpc) is 2.88. The Morgan fingerprint density at radius 1 is 1.29 bits per heavy atom. The van der Waals surface area contributed by atoms with Crippen molar-refractivity contribution in [1.82, 2.24) is 4.98 Å². The van der Waals surface area contributed by atoms with Crippen LogP contribution in [0.25, 0.3) is 26.9 Å². The molecule has 0 spiro atoms. The van der Waals surface area contributed by atoms with E-state index >= 15 is 0 Å². The van der Waals surface area contributed by atoms with Crippen molar-refractivity contribution >= 4 is 51.3 Å². The molecule has 0 aliphatic rings.